The van der Waals surface area contributed by atoms with Gasteiger partial charge in [0.2, 0.25) is 0 Å². The van der Waals surface area contributed by atoms with Crippen molar-refractivity contribution in [3.63, 3.8) is 0 Å². The van der Waals surface area contributed by atoms with E-state index in [4.69, 9.17) is 18.5 Å². The molecule has 0 aliphatic heterocycles. The molecular weight excluding hydrogens is 755 g/mol. The zero-order chi connectivity index (χ0) is 42.2. The Morgan fingerprint density at radius 3 is 1.46 bits per heavy atom. The van der Waals surface area contributed by atoms with Gasteiger partial charge in [0.25, 0.3) is 0 Å². The Hall–Kier alpha value is -2.97. The van der Waals surface area contributed by atoms with Gasteiger partial charge in [-0.1, -0.05) is 137 Å². The number of esters is 2. The predicted molar refractivity (Wildman–Crippen MR) is 221 cm³/mol. The van der Waals surface area contributed by atoms with Crippen molar-refractivity contribution in [3.05, 3.63) is 85.1 Å². The first-order valence-electron chi connectivity index (χ1n) is 20.5. The fourth-order valence-corrected chi connectivity index (χ4v) is 6.56. The van der Waals surface area contributed by atoms with Crippen LogP contribution in [0.3, 0.4) is 0 Å². The highest BCUT2D eigenvalue weighted by Crippen LogP contribution is 2.47. The van der Waals surface area contributed by atoms with E-state index in [1.165, 1.54) is 0 Å². The maximum atomic E-state index is 12.8. The van der Waals surface area contributed by atoms with Crippen LogP contribution < -0.4 is 0 Å². The van der Waals surface area contributed by atoms with Crippen molar-refractivity contribution in [2.45, 2.75) is 159 Å². The Labute approximate surface area is 339 Å². The Kier molecular flexibility index (Phi) is 30.1. The maximum absolute atomic E-state index is 12.8. The summed E-state index contributed by atoms with van der Waals surface area (Å²) in [5, 5.41) is 50.0. The molecule has 0 amide bonds. The Morgan fingerprint density at radius 2 is 0.947 bits per heavy atom. The summed E-state index contributed by atoms with van der Waals surface area (Å²) in [6, 6.07) is 0. The average molecular weight is 825 g/mol. The molecule has 0 bridgehead atoms. The Bertz CT molecular complexity index is 1320. The predicted octanol–water partition coefficient (Wildman–Crippen LogP) is 6.94. The lowest BCUT2D eigenvalue weighted by molar-refractivity contribution is -0.220. The third kappa shape index (κ3) is 25.9. The minimum Gasteiger partial charge on any atom is -0.462 e. The van der Waals surface area contributed by atoms with Crippen molar-refractivity contribution in [1.29, 1.82) is 0 Å². The first-order chi connectivity index (χ1) is 27.4. The van der Waals surface area contributed by atoms with E-state index in [0.717, 1.165) is 77.0 Å². The van der Waals surface area contributed by atoms with Crippen LogP contribution in [0.4, 0.5) is 0 Å². The summed E-state index contributed by atoms with van der Waals surface area (Å²) in [5.74, 6) is -1.17. The van der Waals surface area contributed by atoms with E-state index in [1.54, 1.807) is 0 Å². The second-order valence-corrected chi connectivity index (χ2v) is 15.3. The normalized spacial score (nSPS) is 23.6. The molecule has 6 N–H and O–H groups in total. The first-order valence-corrected chi connectivity index (χ1v) is 22.0. The number of hydrogen-bond acceptors (Lipinski definition) is 12. The van der Waals surface area contributed by atoms with Gasteiger partial charge in [0.1, 0.15) is 43.2 Å². The highest BCUT2D eigenvalue weighted by molar-refractivity contribution is 7.47. The molecule has 0 spiro atoms. The van der Waals surface area contributed by atoms with Gasteiger partial charge in [0.05, 0.1) is 6.61 Å². The smallest absolute Gasteiger partial charge is 0.462 e. The van der Waals surface area contributed by atoms with E-state index >= 15 is 0 Å². The van der Waals surface area contributed by atoms with Gasteiger partial charge >= 0.3 is 19.8 Å². The largest absolute Gasteiger partial charge is 0.472 e. The van der Waals surface area contributed by atoms with Crippen LogP contribution in [-0.4, -0.2) is 98.3 Å². The monoisotopic (exact) mass is 824 g/mol. The summed E-state index contributed by atoms with van der Waals surface area (Å²) in [6.07, 6.45) is 28.0. The molecule has 0 radical (unpaired) electrons. The molecule has 1 rings (SSSR count). The van der Waals surface area contributed by atoms with E-state index in [9.17, 15) is 44.6 Å². The molecule has 0 aromatic carbocycles. The number of ether oxygens (including phenoxy) is 2. The SMILES string of the molecule is CC/C=C/C=C/C=C/C=C/CCCCCC(=O)OC(COC(=O)CCCCCCCCC/C=C/C=C/C=C/CC)COP(=O)(O)OC1C(O)C(O)C(O)[C@H](O)C1O. The summed E-state index contributed by atoms with van der Waals surface area (Å²) in [4.78, 5) is 35.5. The van der Waals surface area contributed by atoms with Gasteiger partial charge in [0.15, 0.2) is 6.10 Å². The number of hydrogen-bond donors (Lipinski definition) is 6. The standard InChI is InChI=1S/C43H69O13P/c1-3-5-7-9-11-13-15-17-18-20-21-23-25-27-29-31-36(44)53-33-35(34-54-57(51,52)56-43-41(49)39(47)38(46)40(48)42(43)50)55-37(45)32-30-28-26-24-22-19-16-14-12-10-8-6-4-2/h5-16,19,22,35,38-43,46-50H,3-4,17-18,20-21,23-34H2,1-2H3,(H,51,52)/b7-5+,8-6+,11-9+,12-10+,15-13+,16-14+,22-19+/t35?,38?,39-,40?,41?,42?,43?/m0/s1. The van der Waals surface area contributed by atoms with Crippen LogP contribution >= 0.6 is 7.82 Å². The minimum absolute atomic E-state index is 0.0426. The highest BCUT2D eigenvalue weighted by Gasteiger charge is 2.51. The summed E-state index contributed by atoms with van der Waals surface area (Å²) in [5.41, 5.74) is 0. The van der Waals surface area contributed by atoms with Crippen molar-refractivity contribution >= 4 is 19.8 Å². The molecule has 0 aromatic rings. The molecule has 1 saturated carbocycles. The number of aliphatic hydroxyl groups is 5. The highest BCUT2D eigenvalue weighted by atomic mass is 31.2. The average Bonchev–Trinajstić information content (AvgIpc) is 3.19. The quantitative estimate of drug-likeness (QED) is 0.0182. The number of rotatable bonds is 31. The lowest BCUT2D eigenvalue weighted by Crippen LogP contribution is -2.64. The topological polar surface area (TPSA) is 210 Å². The molecule has 14 heteroatoms. The van der Waals surface area contributed by atoms with Crippen molar-refractivity contribution in [2.24, 2.45) is 0 Å². The zero-order valence-corrected chi connectivity index (χ0v) is 34.7. The first kappa shape index (κ1) is 52.0. The summed E-state index contributed by atoms with van der Waals surface area (Å²) >= 11 is 0. The number of phosphoric ester groups is 1. The van der Waals surface area contributed by atoms with Gasteiger partial charge in [-0.3, -0.25) is 18.6 Å². The van der Waals surface area contributed by atoms with E-state index < -0.39 is 75.7 Å². The van der Waals surface area contributed by atoms with Gasteiger partial charge in [-0.15, -0.1) is 0 Å². The van der Waals surface area contributed by atoms with Crippen LogP contribution in [0.15, 0.2) is 85.1 Å². The summed E-state index contributed by atoms with van der Waals surface area (Å²) in [7, 11) is -5.13. The molecule has 1 aliphatic rings. The van der Waals surface area contributed by atoms with Gasteiger partial charge in [-0.2, -0.15) is 0 Å². The van der Waals surface area contributed by atoms with Gasteiger partial charge < -0.3 is 39.9 Å². The van der Waals surface area contributed by atoms with Crippen molar-refractivity contribution < 1.29 is 63.1 Å². The lowest BCUT2D eigenvalue weighted by Gasteiger charge is -2.41. The van der Waals surface area contributed by atoms with E-state index in [1.807, 2.05) is 60.8 Å². The molecule has 13 nitrogen and oxygen atoms in total. The second-order valence-electron chi connectivity index (χ2n) is 13.9. The van der Waals surface area contributed by atoms with Crippen LogP contribution in [0, 0.1) is 0 Å². The number of carbonyl (C=O) groups is 2. The van der Waals surface area contributed by atoms with Gasteiger partial charge in [-0.05, 0) is 51.4 Å². The van der Waals surface area contributed by atoms with Crippen LogP contribution in [-0.2, 0) is 32.7 Å². The summed E-state index contributed by atoms with van der Waals surface area (Å²) < 4.78 is 33.3. The summed E-state index contributed by atoms with van der Waals surface area (Å²) in [6.45, 7) is 2.94. The number of unbranched alkanes of at least 4 members (excludes halogenated alkanes) is 10. The number of phosphoric acid groups is 1. The molecule has 1 aliphatic carbocycles. The molecular formula is C43H69O13P. The third-order valence-electron chi connectivity index (χ3n) is 8.89. The van der Waals surface area contributed by atoms with Crippen molar-refractivity contribution in [3.8, 4) is 0 Å². The van der Waals surface area contributed by atoms with Crippen LogP contribution in [0.1, 0.15) is 117 Å². The Balaban J connectivity index is 2.55. The van der Waals surface area contributed by atoms with Gasteiger partial charge in [-0.25, -0.2) is 4.57 Å². The molecule has 0 heterocycles. The van der Waals surface area contributed by atoms with E-state index in [-0.39, 0.29) is 12.8 Å². The van der Waals surface area contributed by atoms with Crippen molar-refractivity contribution in [2.75, 3.05) is 13.2 Å². The van der Waals surface area contributed by atoms with Crippen LogP contribution in [0.5, 0.6) is 0 Å². The van der Waals surface area contributed by atoms with Gasteiger partial charge in [0, 0.05) is 12.8 Å². The molecule has 57 heavy (non-hydrogen) atoms. The minimum atomic E-state index is -5.13. The van der Waals surface area contributed by atoms with E-state index in [0.29, 0.717) is 12.8 Å². The zero-order valence-electron chi connectivity index (χ0n) is 33.8. The van der Waals surface area contributed by atoms with Crippen LogP contribution in [0.25, 0.3) is 0 Å². The molecule has 0 saturated heterocycles. The molecule has 7 unspecified atom stereocenters. The molecule has 1 fully saturated rings. The fourth-order valence-electron chi connectivity index (χ4n) is 5.59. The number of allylic oxidation sites excluding steroid dienone is 14. The third-order valence-corrected chi connectivity index (χ3v) is 9.87. The second kappa shape index (κ2) is 32.9. The molecule has 324 valence electrons. The van der Waals surface area contributed by atoms with Crippen LogP contribution in [0.2, 0.25) is 0 Å². The lowest BCUT2D eigenvalue weighted by atomic mass is 9.85. The van der Waals surface area contributed by atoms with Crippen molar-refractivity contribution in [1.82, 2.24) is 0 Å². The van der Waals surface area contributed by atoms with E-state index in [2.05, 4.69) is 38.2 Å². The molecule has 0 aromatic heterocycles. The number of aliphatic hydroxyl groups excluding tert-OH is 5. The fraction of sp³-hybridized carbons (Fsp3) is 0.628. The molecule has 8 atom stereocenters. The maximum Gasteiger partial charge on any atom is 0.472 e. The Morgan fingerprint density at radius 1 is 0.544 bits per heavy atom. The number of carbonyl (C=O) groups excluding carboxylic acids is 2.